The number of likely N-dealkylation sites (N-methyl/N-ethyl adjacent to an activating group) is 1. The lowest BCUT2D eigenvalue weighted by molar-refractivity contribution is -0.145. The summed E-state index contributed by atoms with van der Waals surface area (Å²) in [5, 5.41) is 12.5. The molecule has 0 aromatic carbocycles. The van der Waals surface area contributed by atoms with Crippen molar-refractivity contribution in [3.05, 3.63) is 0 Å². The predicted molar refractivity (Wildman–Crippen MR) is 73.3 cm³/mol. The summed E-state index contributed by atoms with van der Waals surface area (Å²) in [4.78, 5) is 13.8. The third-order valence-electron chi connectivity index (χ3n) is 4.54. The van der Waals surface area contributed by atoms with Gasteiger partial charge in [-0.25, -0.2) is 0 Å². The quantitative estimate of drug-likeness (QED) is 0.756. The van der Waals surface area contributed by atoms with E-state index in [0.29, 0.717) is 25.1 Å². The Kier molecular flexibility index (Phi) is 4.81. The number of nitrogens with one attached hydrogen (secondary N) is 1. The second-order valence-electron chi connectivity index (χ2n) is 5.86. The lowest BCUT2D eigenvalue weighted by Gasteiger charge is -2.39. The Bertz CT molecular complexity index is 324. The maximum atomic E-state index is 11.4. The van der Waals surface area contributed by atoms with Crippen LogP contribution in [-0.2, 0) is 9.53 Å². The van der Waals surface area contributed by atoms with Crippen LogP contribution in [0.15, 0.2) is 0 Å². The molecule has 0 aromatic heterocycles. The highest BCUT2D eigenvalue weighted by atomic mass is 16.5. The first-order chi connectivity index (χ1) is 9.07. The molecule has 0 amide bonds. The fraction of sp³-hybridized carbons (Fsp3) is 0.929. The van der Waals surface area contributed by atoms with Crippen molar-refractivity contribution in [3.8, 4) is 0 Å². The fourth-order valence-electron chi connectivity index (χ4n) is 3.31. The van der Waals surface area contributed by atoms with E-state index in [1.54, 1.807) is 6.92 Å². The minimum absolute atomic E-state index is 0.379. The number of rotatable bonds is 6. The zero-order valence-corrected chi connectivity index (χ0v) is 12.0. The summed E-state index contributed by atoms with van der Waals surface area (Å²) in [5.41, 5.74) is -0.818. The molecule has 1 saturated heterocycles. The molecule has 1 aliphatic heterocycles. The van der Waals surface area contributed by atoms with Gasteiger partial charge in [-0.1, -0.05) is 6.92 Å². The van der Waals surface area contributed by atoms with E-state index >= 15 is 0 Å². The monoisotopic (exact) mass is 270 g/mol. The van der Waals surface area contributed by atoms with Crippen LogP contribution in [0.1, 0.15) is 39.5 Å². The van der Waals surface area contributed by atoms with Crippen molar-refractivity contribution < 1.29 is 14.6 Å². The topological polar surface area (TPSA) is 61.8 Å². The molecule has 1 aliphatic carbocycles. The van der Waals surface area contributed by atoms with Crippen LogP contribution in [0.3, 0.4) is 0 Å². The fourth-order valence-corrected chi connectivity index (χ4v) is 3.31. The number of carboxylic acid groups (broad SMARTS) is 1. The summed E-state index contributed by atoms with van der Waals surface area (Å²) in [6.07, 6.45) is 4.60. The molecule has 0 bridgehead atoms. The Morgan fingerprint density at radius 2 is 2.32 bits per heavy atom. The van der Waals surface area contributed by atoms with Gasteiger partial charge in [0.05, 0.1) is 12.7 Å². The second kappa shape index (κ2) is 6.20. The van der Waals surface area contributed by atoms with Crippen molar-refractivity contribution in [3.63, 3.8) is 0 Å². The van der Waals surface area contributed by atoms with Gasteiger partial charge in [0.25, 0.3) is 0 Å². The number of aliphatic carboxylic acids is 1. The Morgan fingerprint density at radius 1 is 1.53 bits per heavy atom. The van der Waals surface area contributed by atoms with Crippen LogP contribution >= 0.6 is 0 Å². The molecule has 1 saturated carbocycles. The molecule has 1 heterocycles. The number of carboxylic acids is 1. The first kappa shape index (κ1) is 14.8. The van der Waals surface area contributed by atoms with Gasteiger partial charge in [0.1, 0.15) is 5.54 Å². The first-order valence-electron chi connectivity index (χ1n) is 7.41. The van der Waals surface area contributed by atoms with E-state index < -0.39 is 11.5 Å². The van der Waals surface area contributed by atoms with Crippen molar-refractivity contribution in [1.29, 1.82) is 0 Å². The summed E-state index contributed by atoms with van der Waals surface area (Å²) in [7, 11) is 0. The van der Waals surface area contributed by atoms with Crippen LogP contribution in [0.4, 0.5) is 0 Å². The molecule has 0 radical (unpaired) electrons. The average molecular weight is 270 g/mol. The maximum Gasteiger partial charge on any atom is 0.323 e. The van der Waals surface area contributed by atoms with Gasteiger partial charge >= 0.3 is 5.97 Å². The number of hydrogen-bond acceptors (Lipinski definition) is 4. The lowest BCUT2D eigenvalue weighted by Crippen LogP contribution is -2.54. The van der Waals surface area contributed by atoms with E-state index in [-0.39, 0.29) is 0 Å². The smallest absolute Gasteiger partial charge is 0.323 e. The van der Waals surface area contributed by atoms with E-state index in [1.165, 1.54) is 12.8 Å². The van der Waals surface area contributed by atoms with Gasteiger partial charge in [-0.2, -0.15) is 0 Å². The molecule has 3 atom stereocenters. The van der Waals surface area contributed by atoms with Gasteiger partial charge in [0, 0.05) is 19.1 Å². The minimum atomic E-state index is -0.818. The Labute approximate surface area is 115 Å². The van der Waals surface area contributed by atoms with Crippen molar-refractivity contribution >= 4 is 5.97 Å². The zero-order chi connectivity index (χ0) is 13.9. The number of carbonyl (C=O) groups is 1. The molecule has 2 fully saturated rings. The SMILES string of the molecule is CCNC(C)(CCN1CCOC2CCCC21)C(=O)O. The molecular formula is C14H26N2O3. The van der Waals surface area contributed by atoms with Gasteiger partial charge in [-0.05, 0) is 39.2 Å². The van der Waals surface area contributed by atoms with Crippen LogP contribution in [0.5, 0.6) is 0 Å². The average Bonchev–Trinajstić information content (AvgIpc) is 2.85. The molecule has 3 unspecified atom stereocenters. The van der Waals surface area contributed by atoms with E-state index in [4.69, 9.17) is 4.74 Å². The Balaban J connectivity index is 1.91. The molecule has 110 valence electrons. The van der Waals surface area contributed by atoms with E-state index in [1.807, 2.05) is 6.92 Å². The van der Waals surface area contributed by atoms with Gasteiger partial charge in [0.15, 0.2) is 0 Å². The standard InChI is InChI=1S/C14H26N2O3/c1-3-15-14(2,13(17)18)7-8-16-9-10-19-12-6-4-5-11(12)16/h11-12,15H,3-10H2,1-2H3,(H,17,18). The van der Waals surface area contributed by atoms with Crippen molar-refractivity contribution in [2.75, 3.05) is 26.2 Å². The molecule has 5 nitrogen and oxygen atoms in total. The van der Waals surface area contributed by atoms with Gasteiger partial charge in [-0.15, -0.1) is 0 Å². The number of hydrogen-bond donors (Lipinski definition) is 2. The largest absolute Gasteiger partial charge is 0.480 e. The maximum absolute atomic E-state index is 11.4. The molecule has 0 aromatic rings. The minimum Gasteiger partial charge on any atom is -0.480 e. The zero-order valence-electron chi connectivity index (χ0n) is 12.0. The third-order valence-corrected chi connectivity index (χ3v) is 4.54. The summed E-state index contributed by atoms with van der Waals surface area (Å²) >= 11 is 0. The second-order valence-corrected chi connectivity index (χ2v) is 5.86. The molecule has 2 N–H and O–H groups in total. The number of nitrogens with zero attached hydrogens (tertiary/aromatic N) is 1. The summed E-state index contributed by atoms with van der Waals surface area (Å²) in [6.45, 7) is 6.96. The Morgan fingerprint density at radius 3 is 3.00 bits per heavy atom. The summed E-state index contributed by atoms with van der Waals surface area (Å²) in [5.74, 6) is -0.759. The Hall–Kier alpha value is -0.650. The molecule has 0 spiro atoms. The van der Waals surface area contributed by atoms with Crippen LogP contribution < -0.4 is 5.32 Å². The first-order valence-corrected chi connectivity index (χ1v) is 7.41. The van der Waals surface area contributed by atoms with Crippen LogP contribution in [0, 0.1) is 0 Å². The van der Waals surface area contributed by atoms with Gasteiger partial charge in [0.2, 0.25) is 0 Å². The predicted octanol–water partition coefficient (Wildman–Crippen LogP) is 1.08. The molecular weight excluding hydrogens is 244 g/mol. The van der Waals surface area contributed by atoms with E-state index in [9.17, 15) is 9.90 Å². The van der Waals surface area contributed by atoms with Crippen molar-refractivity contribution in [2.24, 2.45) is 0 Å². The van der Waals surface area contributed by atoms with E-state index in [2.05, 4.69) is 10.2 Å². The molecule has 5 heteroatoms. The summed E-state index contributed by atoms with van der Waals surface area (Å²) in [6, 6.07) is 0.508. The third kappa shape index (κ3) is 3.27. The molecule has 2 rings (SSSR count). The highest BCUT2D eigenvalue weighted by molar-refractivity contribution is 5.78. The van der Waals surface area contributed by atoms with E-state index in [0.717, 1.165) is 26.1 Å². The highest BCUT2D eigenvalue weighted by Gasteiger charge is 2.38. The number of ether oxygens (including phenoxy) is 1. The summed E-state index contributed by atoms with van der Waals surface area (Å²) < 4.78 is 5.79. The van der Waals surface area contributed by atoms with Crippen molar-refractivity contribution in [1.82, 2.24) is 10.2 Å². The highest BCUT2D eigenvalue weighted by Crippen LogP contribution is 2.30. The molecule has 2 aliphatic rings. The number of morpholine rings is 1. The van der Waals surface area contributed by atoms with Crippen LogP contribution in [-0.4, -0.2) is 59.9 Å². The van der Waals surface area contributed by atoms with Crippen molar-refractivity contribution in [2.45, 2.75) is 57.2 Å². The van der Waals surface area contributed by atoms with Crippen LogP contribution in [0.2, 0.25) is 0 Å². The number of fused-ring (bicyclic) bond motifs is 1. The lowest BCUT2D eigenvalue weighted by atomic mass is 9.96. The normalized spacial score (nSPS) is 30.8. The van der Waals surface area contributed by atoms with Crippen LogP contribution in [0.25, 0.3) is 0 Å². The van der Waals surface area contributed by atoms with Gasteiger partial charge < -0.3 is 15.2 Å². The molecule has 19 heavy (non-hydrogen) atoms. The van der Waals surface area contributed by atoms with Gasteiger partial charge in [-0.3, -0.25) is 9.69 Å².